The SMILES string of the molecule is CCOC(=O)c1ccc(C2=NC(C)=CSc3ccccc32)cc1. The quantitative estimate of drug-likeness (QED) is 0.771. The van der Waals surface area contributed by atoms with Crippen molar-refractivity contribution in [3.05, 3.63) is 76.3 Å². The van der Waals surface area contributed by atoms with Crippen LogP contribution in [0.1, 0.15) is 35.3 Å². The maximum Gasteiger partial charge on any atom is 0.338 e. The zero-order valence-corrected chi connectivity index (χ0v) is 13.9. The van der Waals surface area contributed by atoms with Crippen LogP contribution in [0.4, 0.5) is 0 Å². The van der Waals surface area contributed by atoms with E-state index in [0.717, 1.165) is 22.5 Å². The minimum Gasteiger partial charge on any atom is -0.462 e. The van der Waals surface area contributed by atoms with E-state index in [2.05, 4.69) is 17.5 Å². The summed E-state index contributed by atoms with van der Waals surface area (Å²) >= 11 is 1.68. The molecule has 0 bridgehead atoms. The zero-order chi connectivity index (χ0) is 16.2. The van der Waals surface area contributed by atoms with Gasteiger partial charge in [0.15, 0.2) is 0 Å². The topological polar surface area (TPSA) is 38.7 Å². The summed E-state index contributed by atoms with van der Waals surface area (Å²) in [6.07, 6.45) is 0. The molecular formula is C19H17NO2S. The second kappa shape index (κ2) is 6.84. The van der Waals surface area contributed by atoms with Crippen molar-refractivity contribution in [3.8, 4) is 0 Å². The fourth-order valence-corrected chi connectivity index (χ4v) is 3.17. The van der Waals surface area contributed by atoms with Gasteiger partial charge in [-0.05, 0) is 37.5 Å². The average Bonchev–Trinajstić information content (AvgIpc) is 2.75. The fraction of sp³-hybridized carbons (Fsp3) is 0.158. The first-order valence-electron chi connectivity index (χ1n) is 7.48. The van der Waals surface area contributed by atoms with E-state index in [0.29, 0.717) is 12.2 Å². The van der Waals surface area contributed by atoms with Crippen LogP contribution in [0.15, 0.2) is 69.5 Å². The van der Waals surface area contributed by atoms with E-state index >= 15 is 0 Å². The molecule has 3 nitrogen and oxygen atoms in total. The molecule has 0 spiro atoms. The number of rotatable bonds is 3. The Bertz CT molecular complexity index is 791. The van der Waals surface area contributed by atoms with Gasteiger partial charge in [-0.2, -0.15) is 0 Å². The normalized spacial score (nSPS) is 13.5. The minimum absolute atomic E-state index is 0.297. The van der Waals surface area contributed by atoms with Crippen molar-refractivity contribution in [2.24, 2.45) is 4.99 Å². The van der Waals surface area contributed by atoms with E-state index in [9.17, 15) is 4.79 Å². The number of nitrogens with zero attached hydrogens (tertiary/aromatic N) is 1. The molecule has 1 heterocycles. The van der Waals surface area contributed by atoms with Gasteiger partial charge in [-0.15, -0.1) is 0 Å². The lowest BCUT2D eigenvalue weighted by atomic mass is 10.0. The van der Waals surface area contributed by atoms with Crippen molar-refractivity contribution >= 4 is 23.4 Å². The Morgan fingerprint density at radius 1 is 1.13 bits per heavy atom. The standard InChI is InChI=1S/C19H17NO2S/c1-3-22-19(21)15-10-8-14(9-11-15)18-16-6-4-5-7-17(16)23-12-13(2)20-18/h4-12H,3H2,1-2H3. The van der Waals surface area contributed by atoms with E-state index in [4.69, 9.17) is 9.73 Å². The number of hydrogen-bond acceptors (Lipinski definition) is 4. The number of ether oxygens (including phenoxy) is 1. The smallest absolute Gasteiger partial charge is 0.338 e. The molecule has 4 heteroatoms. The lowest BCUT2D eigenvalue weighted by Crippen LogP contribution is -2.07. The van der Waals surface area contributed by atoms with Gasteiger partial charge < -0.3 is 4.74 Å². The van der Waals surface area contributed by atoms with Crippen molar-refractivity contribution in [1.82, 2.24) is 0 Å². The van der Waals surface area contributed by atoms with Crippen LogP contribution in [0.25, 0.3) is 0 Å². The average molecular weight is 323 g/mol. The summed E-state index contributed by atoms with van der Waals surface area (Å²) < 4.78 is 5.02. The Balaban J connectivity index is 2.00. The van der Waals surface area contributed by atoms with E-state index < -0.39 is 0 Å². The molecular weight excluding hydrogens is 306 g/mol. The highest BCUT2D eigenvalue weighted by atomic mass is 32.2. The highest BCUT2D eigenvalue weighted by Crippen LogP contribution is 2.30. The molecule has 0 N–H and O–H groups in total. The van der Waals surface area contributed by atoms with Crippen LogP contribution >= 0.6 is 11.8 Å². The van der Waals surface area contributed by atoms with Crippen LogP contribution in [0.5, 0.6) is 0 Å². The van der Waals surface area contributed by atoms with Gasteiger partial charge in [0.2, 0.25) is 0 Å². The third kappa shape index (κ3) is 3.37. The predicted molar refractivity (Wildman–Crippen MR) is 94.1 cm³/mol. The third-order valence-corrected chi connectivity index (χ3v) is 4.53. The van der Waals surface area contributed by atoms with Crippen molar-refractivity contribution in [3.63, 3.8) is 0 Å². The van der Waals surface area contributed by atoms with Crippen molar-refractivity contribution < 1.29 is 9.53 Å². The first-order valence-corrected chi connectivity index (χ1v) is 8.36. The molecule has 2 aromatic carbocycles. The molecule has 0 atom stereocenters. The van der Waals surface area contributed by atoms with Crippen LogP contribution in [0.3, 0.4) is 0 Å². The molecule has 23 heavy (non-hydrogen) atoms. The number of esters is 1. The Morgan fingerprint density at radius 3 is 2.61 bits per heavy atom. The molecule has 0 radical (unpaired) electrons. The molecule has 0 amide bonds. The Morgan fingerprint density at radius 2 is 1.87 bits per heavy atom. The van der Waals surface area contributed by atoms with Crippen molar-refractivity contribution in [2.75, 3.05) is 6.61 Å². The van der Waals surface area contributed by atoms with Crippen LogP contribution in [-0.4, -0.2) is 18.3 Å². The van der Waals surface area contributed by atoms with Crippen molar-refractivity contribution in [1.29, 1.82) is 0 Å². The second-order valence-corrected chi connectivity index (χ2v) is 6.04. The zero-order valence-electron chi connectivity index (χ0n) is 13.1. The monoisotopic (exact) mass is 323 g/mol. The summed E-state index contributed by atoms with van der Waals surface area (Å²) in [4.78, 5) is 17.7. The molecule has 116 valence electrons. The molecule has 1 aliphatic heterocycles. The van der Waals surface area contributed by atoms with E-state index in [1.54, 1.807) is 30.8 Å². The summed E-state index contributed by atoms with van der Waals surface area (Å²) in [7, 11) is 0. The molecule has 0 fully saturated rings. The Labute approximate surface area is 140 Å². The highest BCUT2D eigenvalue weighted by molar-refractivity contribution is 8.02. The van der Waals surface area contributed by atoms with Gasteiger partial charge in [-0.3, -0.25) is 4.99 Å². The molecule has 0 unspecified atom stereocenters. The van der Waals surface area contributed by atoms with Gasteiger partial charge in [0.25, 0.3) is 0 Å². The second-order valence-electron chi connectivity index (χ2n) is 5.13. The number of allylic oxidation sites excluding steroid dienone is 1. The highest BCUT2D eigenvalue weighted by Gasteiger charge is 2.15. The first-order chi connectivity index (χ1) is 11.2. The van der Waals surface area contributed by atoms with Crippen LogP contribution in [-0.2, 0) is 4.74 Å². The van der Waals surface area contributed by atoms with Crippen LogP contribution in [0.2, 0.25) is 0 Å². The summed E-state index contributed by atoms with van der Waals surface area (Å²) in [6.45, 7) is 4.17. The number of carbonyl (C=O) groups excluding carboxylic acids is 1. The van der Waals surface area contributed by atoms with Gasteiger partial charge >= 0.3 is 5.97 Å². The number of benzene rings is 2. The molecule has 0 aromatic heterocycles. The largest absolute Gasteiger partial charge is 0.462 e. The number of hydrogen-bond donors (Lipinski definition) is 0. The van der Waals surface area contributed by atoms with E-state index in [1.165, 1.54) is 4.90 Å². The number of thioether (sulfide) groups is 1. The lowest BCUT2D eigenvalue weighted by molar-refractivity contribution is 0.0526. The molecule has 2 aromatic rings. The number of fused-ring (bicyclic) bond motifs is 1. The van der Waals surface area contributed by atoms with Gasteiger partial charge in [0.05, 0.1) is 17.9 Å². The molecule has 3 rings (SSSR count). The molecule has 0 saturated heterocycles. The molecule has 1 aliphatic rings. The van der Waals surface area contributed by atoms with E-state index in [1.807, 2.05) is 31.2 Å². The molecule has 0 saturated carbocycles. The maximum atomic E-state index is 11.8. The van der Waals surface area contributed by atoms with Gasteiger partial charge in [-0.1, -0.05) is 42.1 Å². The van der Waals surface area contributed by atoms with Crippen LogP contribution < -0.4 is 0 Å². The Hall–Kier alpha value is -2.33. The fourth-order valence-electron chi connectivity index (χ4n) is 2.38. The molecule has 0 aliphatic carbocycles. The number of carbonyl (C=O) groups is 1. The summed E-state index contributed by atoms with van der Waals surface area (Å²) in [5, 5.41) is 2.05. The summed E-state index contributed by atoms with van der Waals surface area (Å²) in [5.41, 5.74) is 4.54. The first kappa shape index (κ1) is 15.6. The summed E-state index contributed by atoms with van der Waals surface area (Å²) in [5.74, 6) is -0.297. The van der Waals surface area contributed by atoms with Gasteiger partial charge in [0, 0.05) is 21.7 Å². The van der Waals surface area contributed by atoms with Gasteiger partial charge in [-0.25, -0.2) is 4.79 Å². The van der Waals surface area contributed by atoms with Gasteiger partial charge in [0.1, 0.15) is 0 Å². The predicted octanol–water partition coefficient (Wildman–Crippen LogP) is 4.67. The van der Waals surface area contributed by atoms with Crippen LogP contribution in [0, 0.1) is 0 Å². The van der Waals surface area contributed by atoms with E-state index in [-0.39, 0.29) is 5.97 Å². The minimum atomic E-state index is -0.297. The Kier molecular flexibility index (Phi) is 4.63. The van der Waals surface area contributed by atoms with Crippen molar-refractivity contribution in [2.45, 2.75) is 18.7 Å². The lowest BCUT2D eigenvalue weighted by Gasteiger charge is -2.10. The maximum absolute atomic E-state index is 11.8. The number of aliphatic imine (C=N–C) groups is 1. The summed E-state index contributed by atoms with van der Waals surface area (Å²) in [6, 6.07) is 15.6. The third-order valence-electron chi connectivity index (χ3n) is 3.46.